The third-order valence-corrected chi connectivity index (χ3v) is 1.23. The summed E-state index contributed by atoms with van der Waals surface area (Å²) in [5.74, 6) is -2.01. The predicted molar refractivity (Wildman–Crippen MR) is 40.2 cm³/mol. The standard InChI is InChI=1S/C8H7FO3/c1-5-2-3-6(12-5)4-7(9)8(10)11/h2-4H,1H3,(H,10,11). The van der Waals surface area contributed by atoms with Crippen LogP contribution in [-0.2, 0) is 4.79 Å². The zero-order valence-electron chi connectivity index (χ0n) is 6.37. The zero-order valence-corrected chi connectivity index (χ0v) is 6.37. The van der Waals surface area contributed by atoms with Gasteiger partial charge in [0.2, 0.25) is 5.83 Å². The first-order valence-electron chi connectivity index (χ1n) is 3.26. The summed E-state index contributed by atoms with van der Waals surface area (Å²) in [6.45, 7) is 1.69. The number of halogens is 1. The fourth-order valence-corrected chi connectivity index (χ4v) is 0.718. The van der Waals surface area contributed by atoms with Gasteiger partial charge in [-0.15, -0.1) is 0 Å². The van der Waals surface area contributed by atoms with Crippen LogP contribution in [0.5, 0.6) is 0 Å². The van der Waals surface area contributed by atoms with Gasteiger partial charge in [-0.3, -0.25) is 0 Å². The summed E-state index contributed by atoms with van der Waals surface area (Å²) in [5, 5.41) is 8.17. The number of carboxylic acids is 1. The van der Waals surface area contributed by atoms with Crippen LogP contribution in [-0.4, -0.2) is 11.1 Å². The van der Waals surface area contributed by atoms with Crippen LogP contribution in [0.1, 0.15) is 11.5 Å². The summed E-state index contributed by atoms with van der Waals surface area (Å²) in [6, 6.07) is 3.12. The van der Waals surface area contributed by atoms with Gasteiger partial charge in [0.1, 0.15) is 11.5 Å². The maximum Gasteiger partial charge on any atom is 0.364 e. The average Bonchev–Trinajstić information content (AvgIpc) is 2.35. The Hall–Kier alpha value is -1.58. The molecule has 1 rings (SSSR count). The topological polar surface area (TPSA) is 50.4 Å². The molecular formula is C8H7FO3. The van der Waals surface area contributed by atoms with Crippen molar-refractivity contribution in [2.75, 3.05) is 0 Å². The van der Waals surface area contributed by atoms with E-state index in [0.29, 0.717) is 5.76 Å². The Bertz CT molecular complexity index is 325. The first-order chi connectivity index (χ1) is 5.59. The summed E-state index contributed by atoms with van der Waals surface area (Å²) in [7, 11) is 0. The molecule has 0 bridgehead atoms. The average molecular weight is 170 g/mol. The third kappa shape index (κ3) is 1.95. The maximum atomic E-state index is 12.4. The molecule has 4 heteroatoms. The molecule has 0 aliphatic rings. The van der Waals surface area contributed by atoms with E-state index in [1.807, 2.05) is 0 Å². The largest absolute Gasteiger partial charge is 0.476 e. The number of hydrogen-bond donors (Lipinski definition) is 1. The fraction of sp³-hybridized carbons (Fsp3) is 0.125. The second kappa shape index (κ2) is 3.21. The van der Waals surface area contributed by atoms with Gasteiger partial charge in [0.15, 0.2) is 0 Å². The number of carbonyl (C=O) groups is 1. The van der Waals surface area contributed by atoms with E-state index >= 15 is 0 Å². The van der Waals surface area contributed by atoms with E-state index in [4.69, 9.17) is 9.52 Å². The van der Waals surface area contributed by atoms with Crippen molar-refractivity contribution < 1.29 is 18.7 Å². The van der Waals surface area contributed by atoms with E-state index in [1.165, 1.54) is 6.07 Å². The smallest absolute Gasteiger partial charge is 0.364 e. The SMILES string of the molecule is Cc1ccc(C=C(F)C(=O)O)o1. The van der Waals surface area contributed by atoms with E-state index in [2.05, 4.69) is 0 Å². The highest BCUT2D eigenvalue weighted by atomic mass is 19.1. The van der Waals surface area contributed by atoms with Crippen molar-refractivity contribution in [3.05, 3.63) is 29.5 Å². The lowest BCUT2D eigenvalue weighted by Gasteiger charge is -1.86. The van der Waals surface area contributed by atoms with Gasteiger partial charge in [-0.25, -0.2) is 4.79 Å². The van der Waals surface area contributed by atoms with E-state index in [1.54, 1.807) is 13.0 Å². The number of hydrogen-bond acceptors (Lipinski definition) is 2. The monoisotopic (exact) mass is 170 g/mol. The number of rotatable bonds is 2. The highest BCUT2D eigenvalue weighted by molar-refractivity contribution is 5.89. The molecular weight excluding hydrogens is 163 g/mol. The summed E-state index contributed by atoms with van der Waals surface area (Å²) < 4.78 is 17.3. The second-order valence-electron chi connectivity index (χ2n) is 2.25. The normalized spacial score (nSPS) is 11.7. The highest BCUT2D eigenvalue weighted by Crippen LogP contribution is 2.11. The van der Waals surface area contributed by atoms with Gasteiger partial charge in [0.25, 0.3) is 0 Å². The minimum atomic E-state index is -1.59. The van der Waals surface area contributed by atoms with Crippen molar-refractivity contribution in [3.63, 3.8) is 0 Å². The summed E-state index contributed by atoms with van der Waals surface area (Å²) in [4.78, 5) is 10.0. The second-order valence-corrected chi connectivity index (χ2v) is 2.25. The van der Waals surface area contributed by atoms with Crippen LogP contribution in [0.4, 0.5) is 4.39 Å². The van der Waals surface area contributed by atoms with Gasteiger partial charge < -0.3 is 9.52 Å². The van der Waals surface area contributed by atoms with Crippen LogP contribution in [0.2, 0.25) is 0 Å². The fourth-order valence-electron chi connectivity index (χ4n) is 0.718. The Morgan fingerprint density at radius 2 is 2.33 bits per heavy atom. The first kappa shape index (κ1) is 8.52. The molecule has 3 nitrogen and oxygen atoms in total. The van der Waals surface area contributed by atoms with Crippen molar-refractivity contribution in [2.45, 2.75) is 6.92 Å². The quantitative estimate of drug-likeness (QED) is 0.690. The number of furan rings is 1. The Labute approximate surface area is 68.1 Å². The molecule has 12 heavy (non-hydrogen) atoms. The van der Waals surface area contributed by atoms with Crippen LogP contribution in [0.3, 0.4) is 0 Å². The molecule has 0 saturated heterocycles. The number of aryl methyl sites for hydroxylation is 1. The summed E-state index contributed by atoms with van der Waals surface area (Å²) in [5.41, 5.74) is 0. The molecule has 0 aliphatic carbocycles. The molecule has 64 valence electrons. The van der Waals surface area contributed by atoms with Crippen LogP contribution >= 0.6 is 0 Å². The van der Waals surface area contributed by atoms with Crippen molar-refractivity contribution in [1.29, 1.82) is 0 Å². The van der Waals surface area contributed by atoms with Gasteiger partial charge >= 0.3 is 5.97 Å². The number of carboxylic acid groups (broad SMARTS) is 1. The lowest BCUT2D eigenvalue weighted by molar-refractivity contribution is -0.134. The molecule has 1 N–H and O–H groups in total. The molecule has 0 aliphatic heterocycles. The van der Waals surface area contributed by atoms with Crippen LogP contribution < -0.4 is 0 Å². The van der Waals surface area contributed by atoms with Crippen molar-refractivity contribution >= 4 is 12.0 Å². The molecule has 0 radical (unpaired) electrons. The highest BCUT2D eigenvalue weighted by Gasteiger charge is 2.06. The molecule has 0 spiro atoms. The van der Waals surface area contributed by atoms with Crippen LogP contribution in [0, 0.1) is 6.92 Å². The summed E-state index contributed by atoms with van der Waals surface area (Å²) in [6.07, 6.45) is 0.829. The van der Waals surface area contributed by atoms with E-state index in [-0.39, 0.29) is 5.76 Å². The van der Waals surface area contributed by atoms with E-state index in [0.717, 1.165) is 6.08 Å². The Morgan fingerprint density at radius 1 is 1.67 bits per heavy atom. The van der Waals surface area contributed by atoms with Crippen molar-refractivity contribution in [2.24, 2.45) is 0 Å². The van der Waals surface area contributed by atoms with Gasteiger partial charge in [-0.05, 0) is 19.1 Å². The number of aliphatic carboxylic acids is 1. The molecule has 0 amide bonds. The van der Waals surface area contributed by atoms with Crippen molar-refractivity contribution in [1.82, 2.24) is 0 Å². The predicted octanol–water partition coefficient (Wildman–Crippen LogP) is 1.98. The molecule has 1 aromatic rings. The van der Waals surface area contributed by atoms with Gasteiger partial charge in [-0.2, -0.15) is 4.39 Å². The lowest BCUT2D eigenvalue weighted by Crippen LogP contribution is -1.93. The van der Waals surface area contributed by atoms with E-state index in [9.17, 15) is 9.18 Å². The summed E-state index contributed by atoms with van der Waals surface area (Å²) >= 11 is 0. The van der Waals surface area contributed by atoms with Gasteiger partial charge in [-0.1, -0.05) is 0 Å². The first-order valence-corrected chi connectivity index (χ1v) is 3.26. The Kier molecular flexibility index (Phi) is 2.28. The van der Waals surface area contributed by atoms with Crippen LogP contribution in [0.15, 0.2) is 22.4 Å². The lowest BCUT2D eigenvalue weighted by atomic mass is 10.4. The van der Waals surface area contributed by atoms with E-state index < -0.39 is 11.8 Å². The molecule has 1 aromatic heterocycles. The molecule has 0 atom stereocenters. The van der Waals surface area contributed by atoms with Crippen LogP contribution in [0.25, 0.3) is 6.08 Å². The molecule has 0 unspecified atom stereocenters. The third-order valence-electron chi connectivity index (χ3n) is 1.23. The molecule has 1 heterocycles. The Morgan fingerprint density at radius 3 is 2.75 bits per heavy atom. The minimum absolute atomic E-state index is 0.201. The maximum absolute atomic E-state index is 12.4. The van der Waals surface area contributed by atoms with Crippen molar-refractivity contribution in [3.8, 4) is 0 Å². The molecule has 0 aromatic carbocycles. The van der Waals surface area contributed by atoms with Gasteiger partial charge in [0.05, 0.1) is 0 Å². The molecule has 0 saturated carbocycles. The molecule has 0 fully saturated rings. The van der Waals surface area contributed by atoms with Gasteiger partial charge in [0, 0.05) is 6.08 Å². The zero-order chi connectivity index (χ0) is 9.14. The minimum Gasteiger partial charge on any atom is -0.476 e. The Balaban J connectivity index is 2.87.